The number of aliphatic carboxylic acids is 1. The third kappa shape index (κ3) is 3.93. The molecular weight excluding hydrogens is 214 g/mol. The van der Waals surface area contributed by atoms with E-state index >= 15 is 0 Å². The molecule has 17 heavy (non-hydrogen) atoms. The zero-order chi connectivity index (χ0) is 12.7. The van der Waals surface area contributed by atoms with Crippen LogP contribution in [0.5, 0.6) is 0 Å². The molecule has 0 heterocycles. The van der Waals surface area contributed by atoms with Gasteiger partial charge in [-0.25, -0.2) is 0 Å². The predicted octanol–water partition coefficient (Wildman–Crippen LogP) is 1.69. The summed E-state index contributed by atoms with van der Waals surface area (Å²) < 4.78 is 0. The van der Waals surface area contributed by atoms with E-state index in [1.54, 1.807) is 6.92 Å². The van der Waals surface area contributed by atoms with E-state index in [4.69, 9.17) is 6.42 Å². The van der Waals surface area contributed by atoms with Crippen molar-refractivity contribution >= 4 is 5.97 Å². The molecule has 0 bridgehead atoms. The third-order valence-corrected chi connectivity index (χ3v) is 2.81. The van der Waals surface area contributed by atoms with Gasteiger partial charge in [-0.3, -0.25) is 10.1 Å². The highest BCUT2D eigenvalue weighted by Crippen LogP contribution is 2.14. The molecule has 1 rings (SSSR count). The van der Waals surface area contributed by atoms with Gasteiger partial charge in [0.15, 0.2) is 0 Å². The molecule has 90 valence electrons. The predicted molar refractivity (Wildman–Crippen MR) is 67.6 cm³/mol. The van der Waals surface area contributed by atoms with Crippen LogP contribution in [-0.2, 0) is 11.2 Å². The number of nitrogens with one attached hydrogen (secondary N) is 1. The van der Waals surface area contributed by atoms with Gasteiger partial charge < -0.3 is 5.11 Å². The number of carbonyl (C=O) groups is 1. The van der Waals surface area contributed by atoms with Crippen molar-refractivity contribution in [2.45, 2.75) is 25.3 Å². The van der Waals surface area contributed by atoms with Gasteiger partial charge in [-0.05, 0) is 25.3 Å². The van der Waals surface area contributed by atoms with Crippen molar-refractivity contribution in [2.24, 2.45) is 0 Å². The smallest absolute Gasteiger partial charge is 0.323 e. The fourth-order valence-corrected chi connectivity index (χ4v) is 1.56. The second kappa shape index (κ2) is 6.07. The summed E-state index contributed by atoms with van der Waals surface area (Å²) in [6, 6.07) is 9.81. The topological polar surface area (TPSA) is 49.3 Å². The molecule has 0 spiro atoms. The summed E-state index contributed by atoms with van der Waals surface area (Å²) in [7, 11) is 0. The Hall–Kier alpha value is -1.79. The number of aryl methyl sites for hydroxylation is 1. The van der Waals surface area contributed by atoms with Crippen LogP contribution in [0.25, 0.3) is 0 Å². The lowest BCUT2D eigenvalue weighted by Gasteiger charge is -2.25. The van der Waals surface area contributed by atoms with Crippen molar-refractivity contribution in [2.75, 3.05) is 6.54 Å². The highest BCUT2D eigenvalue weighted by atomic mass is 16.4. The Morgan fingerprint density at radius 2 is 2.12 bits per heavy atom. The molecule has 0 aliphatic rings. The SMILES string of the molecule is C#CCNC(C)(CCc1ccccc1)C(=O)O. The number of terminal acetylenes is 1. The summed E-state index contributed by atoms with van der Waals surface area (Å²) in [6.45, 7) is 1.92. The zero-order valence-electron chi connectivity index (χ0n) is 9.94. The van der Waals surface area contributed by atoms with Crippen LogP contribution in [0.3, 0.4) is 0 Å². The minimum atomic E-state index is -0.970. The largest absolute Gasteiger partial charge is 0.480 e. The third-order valence-electron chi connectivity index (χ3n) is 2.81. The fourth-order valence-electron chi connectivity index (χ4n) is 1.56. The van der Waals surface area contributed by atoms with Crippen LogP contribution in [0.4, 0.5) is 0 Å². The second-order valence-electron chi connectivity index (χ2n) is 4.18. The first-order chi connectivity index (χ1) is 8.08. The average molecular weight is 231 g/mol. The van der Waals surface area contributed by atoms with Crippen LogP contribution in [0, 0.1) is 12.3 Å². The normalized spacial score (nSPS) is 13.6. The molecule has 1 unspecified atom stereocenters. The molecule has 1 atom stereocenters. The van der Waals surface area contributed by atoms with Crippen LogP contribution in [0.1, 0.15) is 18.9 Å². The van der Waals surface area contributed by atoms with Gasteiger partial charge in [-0.1, -0.05) is 36.3 Å². The molecule has 3 heteroatoms. The Kier molecular flexibility index (Phi) is 4.74. The van der Waals surface area contributed by atoms with Crippen molar-refractivity contribution in [3.63, 3.8) is 0 Å². The van der Waals surface area contributed by atoms with E-state index in [2.05, 4.69) is 11.2 Å². The number of carboxylic acid groups (broad SMARTS) is 1. The van der Waals surface area contributed by atoms with Crippen molar-refractivity contribution < 1.29 is 9.90 Å². The first-order valence-corrected chi connectivity index (χ1v) is 5.54. The minimum absolute atomic E-state index is 0.261. The summed E-state index contributed by atoms with van der Waals surface area (Å²) in [5, 5.41) is 12.1. The van der Waals surface area contributed by atoms with Gasteiger partial charge in [0.25, 0.3) is 0 Å². The van der Waals surface area contributed by atoms with Gasteiger partial charge in [0.1, 0.15) is 5.54 Å². The highest BCUT2D eigenvalue weighted by molar-refractivity contribution is 5.78. The van der Waals surface area contributed by atoms with Gasteiger partial charge in [-0.15, -0.1) is 6.42 Å². The van der Waals surface area contributed by atoms with Crippen LogP contribution < -0.4 is 5.32 Å². The van der Waals surface area contributed by atoms with Gasteiger partial charge >= 0.3 is 5.97 Å². The van der Waals surface area contributed by atoms with E-state index in [0.717, 1.165) is 5.56 Å². The number of hydrogen-bond acceptors (Lipinski definition) is 2. The van der Waals surface area contributed by atoms with E-state index in [0.29, 0.717) is 12.8 Å². The summed E-state index contributed by atoms with van der Waals surface area (Å²) in [6.07, 6.45) is 6.36. The molecule has 0 aliphatic carbocycles. The van der Waals surface area contributed by atoms with Gasteiger partial charge in [-0.2, -0.15) is 0 Å². The van der Waals surface area contributed by atoms with Crippen molar-refractivity contribution in [1.82, 2.24) is 5.32 Å². The lowest BCUT2D eigenvalue weighted by Crippen LogP contribution is -2.50. The molecule has 0 aromatic heterocycles. The molecule has 0 radical (unpaired) electrons. The summed E-state index contributed by atoms with van der Waals surface area (Å²) >= 11 is 0. The van der Waals surface area contributed by atoms with E-state index < -0.39 is 11.5 Å². The van der Waals surface area contributed by atoms with E-state index in [9.17, 15) is 9.90 Å². The Labute approximate surface area is 102 Å². The monoisotopic (exact) mass is 231 g/mol. The Morgan fingerprint density at radius 3 is 2.65 bits per heavy atom. The summed E-state index contributed by atoms with van der Waals surface area (Å²) in [4.78, 5) is 11.2. The molecular formula is C14H17NO2. The van der Waals surface area contributed by atoms with Crippen LogP contribution in [0.2, 0.25) is 0 Å². The first kappa shape index (κ1) is 13.3. The molecule has 1 aromatic carbocycles. The summed E-state index contributed by atoms with van der Waals surface area (Å²) in [5.41, 5.74) is 0.157. The number of carboxylic acids is 1. The molecule has 0 aliphatic heterocycles. The quantitative estimate of drug-likeness (QED) is 0.732. The standard InChI is InChI=1S/C14H17NO2/c1-3-11-15-14(2,13(16)17)10-9-12-7-5-4-6-8-12/h1,4-8,15H,9-11H2,2H3,(H,16,17). The highest BCUT2D eigenvalue weighted by Gasteiger charge is 2.31. The molecule has 0 amide bonds. The molecule has 1 aromatic rings. The van der Waals surface area contributed by atoms with Crippen LogP contribution >= 0.6 is 0 Å². The van der Waals surface area contributed by atoms with E-state index in [1.165, 1.54) is 0 Å². The van der Waals surface area contributed by atoms with E-state index in [-0.39, 0.29) is 6.54 Å². The zero-order valence-corrected chi connectivity index (χ0v) is 9.94. The summed E-state index contributed by atoms with van der Waals surface area (Å²) in [5.74, 6) is 1.53. The number of benzene rings is 1. The Balaban J connectivity index is 2.62. The lowest BCUT2D eigenvalue weighted by atomic mass is 9.93. The van der Waals surface area contributed by atoms with Crippen LogP contribution in [-0.4, -0.2) is 23.2 Å². The lowest BCUT2D eigenvalue weighted by molar-refractivity contribution is -0.144. The molecule has 0 saturated heterocycles. The Morgan fingerprint density at radius 1 is 1.47 bits per heavy atom. The maximum Gasteiger partial charge on any atom is 0.323 e. The molecule has 0 saturated carbocycles. The average Bonchev–Trinajstić information content (AvgIpc) is 2.35. The maximum absolute atomic E-state index is 11.2. The van der Waals surface area contributed by atoms with Gasteiger partial charge in [0.05, 0.1) is 6.54 Å². The minimum Gasteiger partial charge on any atom is -0.480 e. The molecule has 3 nitrogen and oxygen atoms in total. The van der Waals surface area contributed by atoms with Gasteiger partial charge in [0.2, 0.25) is 0 Å². The van der Waals surface area contributed by atoms with Crippen molar-refractivity contribution in [3.8, 4) is 12.3 Å². The van der Waals surface area contributed by atoms with Crippen LogP contribution in [0.15, 0.2) is 30.3 Å². The maximum atomic E-state index is 11.2. The van der Waals surface area contributed by atoms with Gasteiger partial charge in [0, 0.05) is 0 Å². The van der Waals surface area contributed by atoms with Crippen molar-refractivity contribution in [3.05, 3.63) is 35.9 Å². The Bertz CT molecular complexity index is 408. The second-order valence-corrected chi connectivity index (χ2v) is 4.18. The first-order valence-electron chi connectivity index (χ1n) is 5.54. The molecule has 2 N–H and O–H groups in total. The van der Waals surface area contributed by atoms with E-state index in [1.807, 2.05) is 30.3 Å². The number of rotatable bonds is 6. The van der Waals surface area contributed by atoms with Crippen molar-refractivity contribution in [1.29, 1.82) is 0 Å². The molecule has 0 fully saturated rings. The fraction of sp³-hybridized carbons (Fsp3) is 0.357. The number of hydrogen-bond donors (Lipinski definition) is 2.